The summed E-state index contributed by atoms with van der Waals surface area (Å²) in [7, 11) is 1.68. The standard InChI is InChI=1S/C19H24N6O/c1-26-17-9-7-15(8-10-17)11-18-22-19(12-24-13-20-21-14-24)25(23-18)16-5-3-2-4-6-16/h7-10,13-14,16H,2-6,11-12H2,1H3. The largest absolute Gasteiger partial charge is 0.497 e. The zero-order valence-corrected chi connectivity index (χ0v) is 15.1. The highest BCUT2D eigenvalue weighted by Crippen LogP contribution is 2.29. The molecule has 3 aromatic rings. The molecule has 0 saturated heterocycles. The maximum absolute atomic E-state index is 5.23. The Bertz CT molecular complexity index is 818. The van der Waals surface area contributed by atoms with Gasteiger partial charge in [-0.3, -0.25) is 0 Å². The van der Waals surface area contributed by atoms with Gasteiger partial charge in [-0.1, -0.05) is 31.4 Å². The second-order valence-corrected chi connectivity index (χ2v) is 6.84. The van der Waals surface area contributed by atoms with Crippen LogP contribution in [0.25, 0.3) is 0 Å². The summed E-state index contributed by atoms with van der Waals surface area (Å²) in [6, 6.07) is 8.54. The van der Waals surface area contributed by atoms with E-state index in [0.717, 1.165) is 23.8 Å². The van der Waals surface area contributed by atoms with E-state index in [1.54, 1.807) is 19.8 Å². The van der Waals surface area contributed by atoms with E-state index in [4.69, 9.17) is 14.8 Å². The molecule has 2 heterocycles. The van der Waals surface area contributed by atoms with Crippen LogP contribution in [0, 0.1) is 0 Å². The highest BCUT2D eigenvalue weighted by atomic mass is 16.5. The second-order valence-electron chi connectivity index (χ2n) is 6.84. The Morgan fingerprint density at radius 3 is 2.46 bits per heavy atom. The van der Waals surface area contributed by atoms with Crippen molar-refractivity contribution in [1.29, 1.82) is 0 Å². The Hall–Kier alpha value is -2.70. The van der Waals surface area contributed by atoms with Crippen LogP contribution in [0.3, 0.4) is 0 Å². The average Bonchev–Trinajstić information content (AvgIpc) is 3.33. The highest BCUT2D eigenvalue weighted by molar-refractivity contribution is 5.28. The minimum atomic E-state index is 0.451. The van der Waals surface area contributed by atoms with Gasteiger partial charge in [0.15, 0.2) is 5.82 Å². The third-order valence-corrected chi connectivity index (χ3v) is 4.98. The smallest absolute Gasteiger partial charge is 0.155 e. The molecule has 1 aliphatic rings. The molecule has 1 aromatic carbocycles. The van der Waals surface area contributed by atoms with Gasteiger partial charge in [0.2, 0.25) is 0 Å². The molecule has 0 amide bonds. The molecule has 0 unspecified atom stereocenters. The number of benzene rings is 1. The molecular weight excluding hydrogens is 328 g/mol. The fourth-order valence-corrected chi connectivity index (χ4v) is 3.60. The van der Waals surface area contributed by atoms with E-state index in [-0.39, 0.29) is 0 Å². The van der Waals surface area contributed by atoms with E-state index in [1.807, 2.05) is 16.7 Å². The Labute approximate surface area is 153 Å². The zero-order valence-electron chi connectivity index (χ0n) is 15.1. The number of hydrogen-bond acceptors (Lipinski definition) is 5. The number of nitrogens with zero attached hydrogens (tertiary/aromatic N) is 6. The predicted molar refractivity (Wildman–Crippen MR) is 97.1 cm³/mol. The van der Waals surface area contributed by atoms with Crippen LogP contribution in [0.5, 0.6) is 5.75 Å². The van der Waals surface area contributed by atoms with Crippen LogP contribution in [0.1, 0.15) is 55.4 Å². The molecule has 26 heavy (non-hydrogen) atoms. The van der Waals surface area contributed by atoms with Crippen molar-refractivity contribution in [3.63, 3.8) is 0 Å². The lowest BCUT2D eigenvalue weighted by atomic mass is 9.95. The summed E-state index contributed by atoms with van der Waals surface area (Å²) in [5.41, 5.74) is 1.18. The minimum absolute atomic E-state index is 0.451. The SMILES string of the molecule is COc1ccc(Cc2nc(Cn3cnnc3)n(C3CCCCC3)n2)cc1. The zero-order chi connectivity index (χ0) is 17.8. The molecular formula is C19H24N6O. The third kappa shape index (κ3) is 3.76. The topological polar surface area (TPSA) is 70.7 Å². The summed E-state index contributed by atoms with van der Waals surface area (Å²) in [5.74, 6) is 2.71. The number of methoxy groups -OCH3 is 1. The third-order valence-electron chi connectivity index (χ3n) is 4.98. The lowest BCUT2D eigenvalue weighted by molar-refractivity contribution is 0.318. The number of aromatic nitrogens is 6. The monoisotopic (exact) mass is 352 g/mol. The lowest BCUT2D eigenvalue weighted by Gasteiger charge is -2.23. The number of hydrogen-bond donors (Lipinski definition) is 0. The fourth-order valence-electron chi connectivity index (χ4n) is 3.60. The van der Waals surface area contributed by atoms with Gasteiger partial charge in [-0.05, 0) is 30.5 Å². The van der Waals surface area contributed by atoms with Gasteiger partial charge in [0, 0.05) is 6.42 Å². The molecule has 1 aliphatic carbocycles. The van der Waals surface area contributed by atoms with Gasteiger partial charge in [-0.15, -0.1) is 10.2 Å². The fraction of sp³-hybridized carbons (Fsp3) is 0.474. The first-order valence-electron chi connectivity index (χ1n) is 9.21. The van der Waals surface area contributed by atoms with Crippen molar-refractivity contribution < 1.29 is 4.74 Å². The van der Waals surface area contributed by atoms with Gasteiger partial charge in [-0.25, -0.2) is 9.67 Å². The van der Waals surface area contributed by atoms with Crippen LogP contribution in [0.4, 0.5) is 0 Å². The van der Waals surface area contributed by atoms with Crippen LogP contribution in [0.2, 0.25) is 0 Å². The van der Waals surface area contributed by atoms with Crippen LogP contribution in [-0.2, 0) is 13.0 Å². The lowest BCUT2D eigenvalue weighted by Crippen LogP contribution is -2.18. The summed E-state index contributed by atoms with van der Waals surface area (Å²) < 4.78 is 9.33. The van der Waals surface area contributed by atoms with E-state index in [1.165, 1.54) is 37.7 Å². The second kappa shape index (κ2) is 7.68. The molecule has 7 heteroatoms. The minimum Gasteiger partial charge on any atom is -0.497 e. The van der Waals surface area contributed by atoms with Gasteiger partial charge in [0.05, 0.1) is 19.7 Å². The molecule has 0 aliphatic heterocycles. The molecule has 136 valence electrons. The summed E-state index contributed by atoms with van der Waals surface area (Å²) in [5, 5.41) is 12.7. The van der Waals surface area contributed by atoms with Crippen molar-refractivity contribution in [1.82, 2.24) is 29.5 Å². The number of rotatable bonds is 6. The van der Waals surface area contributed by atoms with Crippen molar-refractivity contribution in [3.05, 3.63) is 54.1 Å². The van der Waals surface area contributed by atoms with Crippen molar-refractivity contribution in [2.45, 2.75) is 51.1 Å². The Balaban J connectivity index is 1.58. The molecule has 2 aromatic heterocycles. The first kappa shape index (κ1) is 16.8. The Morgan fingerprint density at radius 2 is 1.77 bits per heavy atom. The van der Waals surface area contributed by atoms with Crippen molar-refractivity contribution in [2.24, 2.45) is 0 Å². The molecule has 1 saturated carbocycles. The van der Waals surface area contributed by atoms with Gasteiger partial charge in [-0.2, -0.15) is 5.10 Å². The van der Waals surface area contributed by atoms with Crippen LogP contribution in [-0.4, -0.2) is 36.6 Å². The summed E-state index contributed by atoms with van der Waals surface area (Å²) in [4.78, 5) is 4.84. The van der Waals surface area contributed by atoms with Crippen LogP contribution < -0.4 is 4.74 Å². The van der Waals surface area contributed by atoms with Crippen molar-refractivity contribution in [2.75, 3.05) is 7.11 Å². The van der Waals surface area contributed by atoms with Gasteiger partial charge >= 0.3 is 0 Å². The van der Waals surface area contributed by atoms with E-state index in [2.05, 4.69) is 27.0 Å². The molecule has 0 N–H and O–H groups in total. The maximum atomic E-state index is 5.23. The number of ether oxygens (including phenoxy) is 1. The molecule has 0 radical (unpaired) electrons. The van der Waals surface area contributed by atoms with Crippen LogP contribution >= 0.6 is 0 Å². The summed E-state index contributed by atoms with van der Waals surface area (Å²) in [6.45, 7) is 0.652. The Kier molecular flexibility index (Phi) is 4.95. The summed E-state index contributed by atoms with van der Waals surface area (Å²) >= 11 is 0. The molecule has 0 atom stereocenters. The Morgan fingerprint density at radius 1 is 1.04 bits per heavy atom. The van der Waals surface area contributed by atoms with Gasteiger partial charge in [0.25, 0.3) is 0 Å². The average molecular weight is 352 g/mol. The van der Waals surface area contributed by atoms with Crippen molar-refractivity contribution in [3.8, 4) is 5.75 Å². The van der Waals surface area contributed by atoms with Crippen molar-refractivity contribution >= 4 is 0 Å². The van der Waals surface area contributed by atoms with Crippen LogP contribution in [0.15, 0.2) is 36.9 Å². The molecule has 0 spiro atoms. The van der Waals surface area contributed by atoms with E-state index in [9.17, 15) is 0 Å². The van der Waals surface area contributed by atoms with E-state index < -0.39 is 0 Å². The first-order valence-corrected chi connectivity index (χ1v) is 9.21. The first-order chi connectivity index (χ1) is 12.8. The molecule has 1 fully saturated rings. The normalized spacial score (nSPS) is 15.3. The highest BCUT2D eigenvalue weighted by Gasteiger charge is 2.21. The van der Waals surface area contributed by atoms with Gasteiger partial charge in [0.1, 0.15) is 24.2 Å². The molecule has 4 rings (SSSR count). The molecule has 7 nitrogen and oxygen atoms in total. The van der Waals surface area contributed by atoms with Gasteiger partial charge < -0.3 is 9.30 Å². The quantitative estimate of drug-likeness (QED) is 0.682. The predicted octanol–water partition coefficient (Wildman–Crippen LogP) is 3.02. The molecule has 0 bridgehead atoms. The van der Waals surface area contributed by atoms with E-state index in [0.29, 0.717) is 12.6 Å². The van der Waals surface area contributed by atoms with E-state index >= 15 is 0 Å². The summed E-state index contributed by atoms with van der Waals surface area (Å²) in [6.07, 6.45) is 10.4. The maximum Gasteiger partial charge on any atom is 0.155 e.